The van der Waals surface area contributed by atoms with Crippen LogP contribution in [0.4, 0.5) is 5.69 Å². The van der Waals surface area contributed by atoms with Crippen molar-refractivity contribution in [2.24, 2.45) is 5.92 Å². The second-order valence-corrected chi connectivity index (χ2v) is 6.93. The molecule has 1 unspecified atom stereocenters. The lowest BCUT2D eigenvalue weighted by Gasteiger charge is -2.17. The molecule has 0 saturated carbocycles. The first kappa shape index (κ1) is 17.8. The molecule has 1 heterocycles. The molecule has 2 amide bonds. The molecule has 1 atom stereocenters. The normalized spacial score (nSPS) is 17.0. The first-order valence-corrected chi connectivity index (χ1v) is 8.86. The largest absolute Gasteiger partial charge is 0.342 e. The molecule has 0 radical (unpaired) electrons. The van der Waals surface area contributed by atoms with E-state index in [9.17, 15) is 9.59 Å². The maximum atomic E-state index is 12.3. The topological polar surface area (TPSA) is 49.4 Å². The Morgan fingerprint density at radius 3 is 2.64 bits per heavy atom. The van der Waals surface area contributed by atoms with Crippen LogP contribution in [0.5, 0.6) is 0 Å². The molecule has 0 bridgehead atoms. The average molecular weight is 377 g/mol. The Morgan fingerprint density at radius 1 is 1.16 bits per heavy atom. The molecule has 6 heteroatoms. The second kappa shape index (κ2) is 7.89. The van der Waals surface area contributed by atoms with Gasteiger partial charge in [-0.25, -0.2) is 0 Å². The van der Waals surface area contributed by atoms with Gasteiger partial charge in [0.1, 0.15) is 0 Å². The van der Waals surface area contributed by atoms with Crippen LogP contribution >= 0.6 is 23.2 Å². The van der Waals surface area contributed by atoms with Crippen LogP contribution in [0.2, 0.25) is 10.0 Å². The number of amides is 2. The maximum absolute atomic E-state index is 12.3. The van der Waals surface area contributed by atoms with Gasteiger partial charge in [-0.1, -0.05) is 47.5 Å². The molecule has 1 aliphatic rings. The van der Waals surface area contributed by atoms with Gasteiger partial charge in [-0.05, 0) is 36.2 Å². The summed E-state index contributed by atoms with van der Waals surface area (Å²) in [5, 5.41) is 4.04. The zero-order valence-corrected chi connectivity index (χ0v) is 15.1. The highest BCUT2D eigenvalue weighted by molar-refractivity contribution is 6.35. The number of hydrogen-bond acceptors (Lipinski definition) is 2. The molecule has 4 nitrogen and oxygen atoms in total. The summed E-state index contributed by atoms with van der Waals surface area (Å²) in [5.74, 6) is -0.446. The van der Waals surface area contributed by atoms with E-state index in [1.54, 1.807) is 17.0 Å². The molecule has 3 rings (SSSR count). The van der Waals surface area contributed by atoms with Crippen molar-refractivity contribution in [1.82, 2.24) is 4.90 Å². The number of likely N-dealkylation sites (tertiary alicyclic amines) is 1. The Morgan fingerprint density at radius 2 is 1.92 bits per heavy atom. The molecule has 2 aromatic carbocycles. The summed E-state index contributed by atoms with van der Waals surface area (Å²) < 4.78 is 0. The van der Waals surface area contributed by atoms with Crippen LogP contribution in [-0.4, -0.2) is 29.8 Å². The van der Waals surface area contributed by atoms with Gasteiger partial charge in [0, 0.05) is 35.2 Å². The SMILES string of the molecule is O=C(Nc1ccccc1)C1CC(=O)N(CCc2ccc(Cl)cc2Cl)C1. The van der Waals surface area contributed by atoms with Crippen molar-refractivity contribution in [3.63, 3.8) is 0 Å². The lowest BCUT2D eigenvalue weighted by molar-refractivity contribution is -0.128. The molecule has 1 aliphatic heterocycles. The van der Waals surface area contributed by atoms with E-state index >= 15 is 0 Å². The molecular formula is C19H18Cl2N2O2. The lowest BCUT2D eigenvalue weighted by atomic mass is 10.1. The second-order valence-electron chi connectivity index (χ2n) is 6.08. The van der Waals surface area contributed by atoms with Crippen molar-refractivity contribution in [1.29, 1.82) is 0 Å². The quantitative estimate of drug-likeness (QED) is 0.856. The highest BCUT2D eigenvalue weighted by Gasteiger charge is 2.34. The van der Waals surface area contributed by atoms with Gasteiger partial charge in [-0.15, -0.1) is 0 Å². The number of para-hydroxylation sites is 1. The number of halogens is 2. The molecule has 0 aromatic heterocycles. The fourth-order valence-electron chi connectivity index (χ4n) is 2.91. The fourth-order valence-corrected chi connectivity index (χ4v) is 3.41. The van der Waals surface area contributed by atoms with Gasteiger partial charge < -0.3 is 10.2 Å². The highest BCUT2D eigenvalue weighted by atomic mass is 35.5. The van der Waals surface area contributed by atoms with E-state index in [2.05, 4.69) is 5.32 Å². The number of hydrogen-bond donors (Lipinski definition) is 1. The zero-order valence-electron chi connectivity index (χ0n) is 13.5. The minimum atomic E-state index is -0.326. The molecule has 0 spiro atoms. The van der Waals surface area contributed by atoms with E-state index in [1.165, 1.54) is 0 Å². The molecule has 1 saturated heterocycles. The summed E-state index contributed by atoms with van der Waals surface area (Å²) in [6.45, 7) is 0.970. The summed E-state index contributed by atoms with van der Waals surface area (Å²) in [7, 11) is 0. The Balaban J connectivity index is 1.56. The maximum Gasteiger partial charge on any atom is 0.229 e. The van der Waals surface area contributed by atoms with Crippen LogP contribution in [0.15, 0.2) is 48.5 Å². The van der Waals surface area contributed by atoms with Crippen LogP contribution in [-0.2, 0) is 16.0 Å². The number of benzene rings is 2. The van der Waals surface area contributed by atoms with E-state index < -0.39 is 0 Å². The molecule has 1 fully saturated rings. The van der Waals surface area contributed by atoms with Gasteiger partial charge in [0.05, 0.1) is 5.92 Å². The predicted octanol–water partition coefficient (Wildman–Crippen LogP) is 4.02. The summed E-state index contributed by atoms with van der Waals surface area (Å²) in [5.41, 5.74) is 1.68. The van der Waals surface area contributed by atoms with Crippen molar-refractivity contribution in [3.8, 4) is 0 Å². The Hall–Kier alpha value is -2.04. The van der Waals surface area contributed by atoms with Gasteiger partial charge in [-0.3, -0.25) is 9.59 Å². The standard InChI is InChI=1S/C19H18Cl2N2O2/c20-15-7-6-13(17(21)11-15)8-9-23-12-14(10-18(23)24)19(25)22-16-4-2-1-3-5-16/h1-7,11,14H,8-10,12H2,(H,22,25). The Kier molecular flexibility index (Phi) is 5.61. The van der Waals surface area contributed by atoms with E-state index in [-0.39, 0.29) is 24.2 Å². The number of carbonyl (C=O) groups is 2. The monoisotopic (exact) mass is 376 g/mol. The Labute approximate surface area is 156 Å². The Bertz CT molecular complexity index is 780. The van der Waals surface area contributed by atoms with Crippen LogP contribution in [0, 0.1) is 5.92 Å². The van der Waals surface area contributed by atoms with Crippen molar-refractivity contribution >= 4 is 40.7 Å². The molecular weight excluding hydrogens is 359 g/mol. The number of nitrogens with one attached hydrogen (secondary N) is 1. The first-order chi connectivity index (χ1) is 12.0. The third kappa shape index (κ3) is 4.53. The molecule has 2 aromatic rings. The van der Waals surface area contributed by atoms with Crippen molar-refractivity contribution in [2.75, 3.05) is 18.4 Å². The molecule has 1 N–H and O–H groups in total. The van der Waals surface area contributed by atoms with Crippen molar-refractivity contribution in [3.05, 3.63) is 64.1 Å². The summed E-state index contributed by atoms with van der Waals surface area (Å²) in [6.07, 6.45) is 0.877. The van der Waals surface area contributed by atoms with Crippen LogP contribution in [0.25, 0.3) is 0 Å². The molecule has 0 aliphatic carbocycles. The first-order valence-electron chi connectivity index (χ1n) is 8.10. The lowest BCUT2D eigenvalue weighted by Crippen LogP contribution is -2.30. The molecule has 130 valence electrons. The fraction of sp³-hybridized carbons (Fsp3) is 0.263. The van der Waals surface area contributed by atoms with Gasteiger partial charge in [0.15, 0.2) is 0 Å². The van der Waals surface area contributed by atoms with Crippen molar-refractivity contribution < 1.29 is 9.59 Å². The van der Waals surface area contributed by atoms with E-state index in [0.717, 1.165) is 11.3 Å². The van der Waals surface area contributed by atoms with Crippen LogP contribution in [0.1, 0.15) is 12.0 Å². The number of nitrogens with zero attached hydrogens (tertiary/aromatic N) is 1. The van der Waals surface area contributed by atoms with Gasteiger partial charge in [0.2, 0.25) is 11.8 Å². The summed E-state index contributed by atoms with van der Waals surface area (Å²) in [4.78, 5) is 26.3. The third-order valence-corrected chi connectivity index (χ3v) is 4.88. The van der Waals surface area contributed by atoms with Crippen LogP contribution < -0.4 is 5.32 Å². The van der Waals surface area contributed by atoms with Gasteiger partial charge in [-0.2, -0.15) is 0 Å². The van der Waals surface area contributed by atoms with Crippen molar-refractivity contribution in [2.45, 2.75) is 12.8 Å². The number of carbonyl (C=O) groups excluding carboxylic acids is 2. The third-order valence-electron chi connectivity index (χ3n) is 4.29. The van der Waals surface area contributed by atoms with E-state index in [0.29, 0.717) is 29.6 Å². The predicted molar refractivity (Wildman–Crippen MR) is 99.9 cm³/mol. The van der Waals surface area contributed by atoms with E-state index in [1.807, 2.05) is 36.4 Å². The highest BCUT2D eigenvalue weighted by Crippen LogP contribution is 2.24. The average Bonchev–Trinajstić information content (AvgIpc) is 2.96. The van der Waals surface area contributed by atoms with Gasteiger partial charge in [0.25, 0.3) is 0 Å². The summed E-state index contributed by atoms with van der Waals surface area (Å²) >= 11 is 12.1. The van der Waals surface area contributed by atoms with Crippen LogP contribution in [0.3, 0.4) is 0 Å². The van der Waals surface area contributed by atoms with E-state index in [4.69, 9.17) is 23.2 Å². The zero-order chi connectivity index (χ0) is 17.8. The smallest absolute Gasteiger partial charge is 0.229 e. The van der Waals surface area contributed by atoms with Gasteiger partial charge >= 0.3 is 0 Å². The number of anilines is 1. The minimum Gasteiger partial charge on any atom is -0.342 e. The molecule has 25 heavy (non-hydrogen) atoms. The number of rotatable bonds is 5. The summed E-state index contributed by atoms with van der Waals surface area (Å²) in [6, 6.07) is 14.6. The minimum absolute atomic E-state index is 0.00158.